The molecule has 1 aromatic carbocycles. The molecule has 1 atom stereocenters. The van der Waals surface area contributed by atoms with Gasteiger partial charge in [0.25, 0.3) is 0 Å². The first kappa shape index (κ1) is 14.5. The molecule has 0 aromatic heterocycles. The van der Waals surface area contributed by atoms with Gasteiger partial charge in [0.05, 0.1) is 25.2 Å². The smallest absolute Gasteiger partial charge is 0.119 e. The van der Waals surface area contributed by atoms with E-state index in [-0.39, 0.29) is 19.3 Å². The van der Waals surface area contributed by atoms with Gasteiger partial charge in [0.2, 0.25) is 0 Å². The molecule has 1 rings (SSSR count). The molecule has 4 heteroatoms. The van der Waals surface area contributed by atoms with Crippen LogP contribution in [0.25, 0.3) is 0 Å². The fourth-order valence-corrected chi connectivity index (χ4v) is 1.34. The molecule has 1 aromatic rings. The predicted molar refractivity (Wildman–Crippen MR) is 68.3 cm³/mol. The molecule has 0 fully saturated rings. The van der Waals surface area contributed by atoms with Crippen LogP contribution in [0.2, 0.25) is 0 Å². The van der Waals surface area contributed by atoms with E-state index in [0.717, 1.165) is 5.56 Å². The minimum Gasteiger partial charge on any atom is -0.491 e. The summed E-state index contributed by atoms with van der Waals surface area (Å²) in [7, 11) is 0. The van der Waals surface area contributed by atoms with Crippen LogP contribution in [-0.2, 0) is 11.2 Å². The lowest BCUT2D eigenvalue weighted by molar-refractivity contribution is -0.0122. The first-order valence-electron chi connectivity index (χ1n) is 6.00. The first-order chi connectivity index (χ1) is 8.61. The highest BCUT2D eigenvalue weighted by molar-refractivity contribution is 5.28. The molecular weight excluding hydrogens is 230 g/mol. The standard InChI is InChI=1S/C14H19NO3/c1-11(2)17-9-13(16)10-18-14-5-3-12(4-6-14)7-8-15/h3-6,11,13,16H,7,9-10H2,1-2H3. The molecule has 18 heavy (non-hydrogen) atoms. The lowest BCUT2D eigenvalue weighted by Crippen LogP contribution is -2.25. The van der Waals surface area contributed by atoms with Crippen molar-refractivity contribution in [2.75, 3.05) is 13.2 Å². The summed E-state index contributed by atoms with van der Waals surface area (Å²) in [5, 5.41) is 18.1. The summed E-state index contributed by atoms with van der Waals surface area (Å²) in [5.74, 6) is 0.681. The second kappa shape index (κ2) is 7.70. The Balaban J connectivity index is 2.32. The highest BCUT2D eigenvalue weighted by atomic mass is 16.5. The van der Waals surface area contributed by atoms with E-state index < -0.39 is 6.10 Å². The summed E-state index contributed by atoms with van der Waals surface area (Å²) in [6.07, 6.45) is -0.137. The van der Waals surface area contributed by atoms with Gasteiger partial charge in [-0.05, 0) is 31.5 Å². The predicted octanol–water partition coefficient (Wildman–Crippen LogP) is 1.92. The molecule has 0 amide bonds. The van der Waals surface area contributed by atoms with Crippen molar-refractivity contribution < 1.29 is 14.6 Å². The van der Waals surface area contributed by atoms with E-state index in [4.69, 9.17) is 14.7 Å². The number of benzene rings is 1. The van der Waals surface area contributed by atoms with Gasteiger partial charge in [-0.2, -0.15) is 5.26 Å². The Morgan fingerprint density at radius 1 is 1.22 bits per heavy atom. The van der Waals surface area contributed by atoms with E-state index in [1.807, 2.05) is 26.0 Å². The molecule has 0 saturated heterocycles. The Morgan fingerprint density at radius 2 is 1.89 bits per heavy atom. The molecule has 0 aliphatic rings. The van der Waals surface area contributed by atoms with E-state index in [9.17, 15) is 5.11 Å². The molecule has 0 spiro atoms. The van der Waals surface area contributed by atoms with Crippen molar-refractivity contribution in [3.05, 3.63) is 29.8 Å². The second-order valence-corrected chi connectivity index (χ2v) is 4.33. The van der Waals surface area contributed by atoms with Crippen LogP contribution in [0.3, 0.4) is 0 Å². The van der Waals surface area contributed by atoms with Gasteiger partial charge in [-0.15, -0.1) is 0 Å². The number of hydrogen-bond acceptors (Lipinski definition) is 4. The maximum absolute atomic E-state index is 9.61. The van der Waals surface area contributed by atoms with Crippen LogP contribution in [0.5, 0.6) is 5.75 Å². The van der Waals surface area contributed by atoms with Crippen molar-refractivity contribution in [2.24, 2.45) is 0 Å². The van der Waals surface area contributed by atoms with E-state index in [1.165, 1.54) is 0 Å². The van der Waals surface area contributed by atoms with Gasteiger partial charge in [0, 0.05) is 0 Å². The zero-order valence-corrected chi connectivity index (χ0v) is 10.8. The van der Waals surface area contributed by atoms with Gasteiger partial charge in [-0.3, -0.25) is 0 Å². The minimum atomic E-state index is -0.633. The summed E-state index contributed by atoms with van der Waals surface area (Å²) < 4.78 is 10.7. The van der Waals surface area contributed by atoms with Gasteiger partial charge >= 0.3 is 0 Å². The van der Waals surface area contributed by atoms with Crippen molar-refractivity contribution >= 4 is 0 Å². The van der Waals surface area contributed by atoms with E-state index in [1.54, 1.807) is 12.1 Å². The van der Waals surface area contributed by atoms with Crippen molar-refractivity contribution in [3.63, 3.8) is 0 Å². The third kappa shape index (κ3) is 5.67. The van der Waals surface area contributed by atoms with Crippen molar-refractivity contribution in [1.82, 2.24) is 0 Å². The topological polar surface area (TPSA) is 62.5 Å². The number of nitrogens with zero attached hydrogens (tertiary/aromatic N) is 1. The summed E-state index contributed by atoms with van der Waals surface area (Å²) in [6.45, 7) is 4.30. The Morgan fingerprint density at radius 3 is 2.44 bits per heavy atom. The minimum absolute atomic E-state index is 0.102. The fraction of sp³-hybridized carbons (Fsp3) is 0.500. The summed E-state index contributed by atoms with van der Waals surface area (Å²) in [5.41, 5.74) is 0.952. The van der Waals surface area contributed by atoms with Crippen LogP contribution >= 0.6 is 0 Å². The highest BCUT2D eigenvalue weighted by Gasteiger charge is 2.06. The van der Waals surface area contributed by atoms with E-state index in [2.05, 4.69) is 6.07 Å². The third-order valence-corrected chi connectivity index (χ3v) is 2.27. The molecule has 4 nitrogen and oxygen atoms in total. The van der Waals surface area contributed by atoms with Gasteiger partial charge in [0.1, 0.15) is 18.5 Å². The fourth-order valence-electron chi connectivity index (χ4n) is 1.34. The number of rotatable bonds is 7. The summed E-state index contributed by atoms with van der Waals surface area (Å²) in [4.78, 5) is 0. The number of aliphatic hydroxyl groups excluding tert-OH is 1. The molecule has 0 radical (unpaired) electrons. The molecule has 0 saturated carbocycles. The van der Waals surface area contributed by atoms with Crippen molar-refractivity contribution in [1.29, 1.82) is 5.26 Å². The van der Waals surface area contributed by atoms with Crippen LogP contribution in [0.1, 0.15) is 19.4 Å². The molecular formula is C14H19NO3. The maximum atomic E-state index is 9.61. The number of hydrogen-bond donors (Lipinski definition) is 1. The van der Waals surface area contributed by atoms with Crippen LogP contribution in [0.4, 0.5) is 0 Å². The van der Waals surface area contributed by atoms with Gasteiger partial charge < -0.3 is 14.6 Å². The molecule has 0 heterocycles. The summed E-state index contributed by atoms with van der Waals surface area (Å²) in [6, 6.07) is 9.36. The quantitative estimate of drug-likeness (QED) is 0.802. The third-order valence-electron chi connectivity index (χ3n) is 2.27. The molecule has 1 N–H and O–H groups in total. The highest BCUT2D eigenvalue weighted by Crippen LogP contribution is 2.12. The average Bonchev–Trinajstić information content (AvgIpc) is 2.36. The number of ether oxygens (including phenoxy) is 2. The first-order valence-corrected chi connectivity index (χ1v) is 6.00. The van der Waals surface area contributed by atoms with Crippen LogP contribution in [0.15, 0.2) is 24.3 Å². The zero-order chi connectivity index (χ0) is 13.4. The van der Waals surface area contributed by atoms with Crippen molar-refractivity contribution in [3.8, 4) is 11.8 Å². The van der Waals surface area contributed by atoms with Crippen LogP contribution in [-0.4, -0.2) is 30.5 Å². The molecule has 0 aliphatic carbocycles. The molecule has 0 aliphatic heterocycles. The Kier molecular flexibility index (Phi) is 6.20. The largest absolute Gasteiger partial charge is 0.491 e. The Bertz CT molecular complexity index is 381. The lowest BCUT2D eigenvalue weighted by Gasteiger charge is -2.14. The van der Waals surface area contributed by atoms with Gasteiger partial charge in [-0.25, -0.2) is 0 Å². The van der Waals surface area contributed by atoms with Crippen molar-refractivity contribution in [2.45, 2.75) is 32.5 Å². The van der Waals surface area contributed by atoms with Gasteiger partial charge in [0.15, 0.2) is 0 Å². The Hall–Kier alpha value is -1.57. The SMILES string of the molecule is CC(C)OCC(O)COc1ccc(CC#N)cc1. The molecule has 0 bridgehead atoms. The monoisotopic (exact) mass is 249 g/mol. The van der Waals surface area contributed by atoms with Gasteiger partial charge in [-0.1, -0.05) is 12.1 Å². The number of nitriles is 1. The lowest BCUT2D eigenvalue weighted by atomic mass is 10.2. The maximum Gasteiger partial charge on any atom is 0.119 e. The number of aliphatic hydroxyl groups is 1. The van der Waals surface area contributed by atoms with E-state index >= 15 is 0 Å². The molecule has 1 unspecified atom stereocenters. The normalized spacial score (nSPS) is 12.2. The second-order valence-electron chi connectivity index (χ2n) is 4.33. The van der Waals surface area contributed by atoms with Crippen LogP contribution in [0, 0.1) is 11.3 Å². The summed E-state index contributed by atoms with van der Waals surface area (Å²) >= 11 is 0. The average molecular weight is 249 g/mol. The zero-order valence-electron chi connectivity index (χ0n) is 10.8. The van der Waals surface area contributed by atoms with E-state index in [0.29, 0.717) is 12.2 Å². The molecule has 98 valence electrons. The Labute approximate surface area is 108 Å². The van der Waals surface area contributed by atoms with Crippen LogP contribution < -0.4 is 4.74 Å².